The zero-order chi connectivity index (χ0) is 19.3. The second-order valence-electron chi connectivity index (χ2n) is 6.58. The van der Waals surface area contributed by atoms with Gasteiger partial charge in [0.05, 0.1) is 11.3 Å². The molecule has 1 aliphatic heterocycles. The van der Waals surface area contributed by atoms with Gasteiger partial charge in [-0.1, -0.05) is 19.6 Å². The number of allylic oxidation sites excluding steroid dienone is 3. The summed E-state index contributed by atoms with van der Waals surface area (Å²) in [4.78, 5) is 13.5. The quantitative estimate of drug-likeness (QED) is 0.469. The maximum atomic E-state index is 11.3. The van der Waals surface area contributed by atoms with Gasteiger partial charge in [-0.2, -0.15) is 5.26 Å². The van der Waals surface area contributed by atoms with Crippen LogP contribution in [0.25, 0.3) is 5.57 Å². The van der Waals surface area contributed by atoms with E-state index in [0.29, 0.717) is 22.6 Å². The maximum Gasteiger partial charge on any atom is 0.339 e. The van der Waals surface area contributed by atoms with Crippen molar-refractivity contribution in [3.8, 4) is 6.07 Å². The largest absolute Gasteiger partial charge is 0.507 e. The van der Waals surface area contributed by atoms with E-state index in [2.05, 4.69) is 24.5 Å². The highest BCUT2D eigenvalue weighted by Gasteiger charge is 2.19. The predicted octanol–water partition coefficient (Wildman–Crippen LogP) is 4.28. The third-order valence-electron chi connectivity index (χ3n) is 4.71. The van der Waals surface area contributed by atoms with Crippen LogP contribution in [0.3, 0.4) is 0 Å². The standard InChI is InChI=1S/C21H24N2O3/c1-4-20(24)18(21(25)26)11-15(3)16-5-6-19(17(12-16)13-22)23-9-7-14(2)8-10-23/h4-6,11-12,14,24H,3,7-10H2,1-2H3,(H,25,26)/b18-11+,20-4+. The normalized spacial score (nSPS) is 16.3. The summed E-state index contributed by atoms with van der Waals surface area (Å²) in [5.41, 5.74) is 2.28. The molecular formula is C21H24N2O3. The second kappa shape index (κ2) is 8.39. The smallest absolute Gasteiger partial charge is 0.339 e. The van der Waals surface area contributed by atoms with Crippen molar-refractivity contribution in [1.82, 2.24) is 0 Å². The van der Waals surface area contributed by atoms with E-state index in [0.717, 1.165) is 31.6 Å². The fourth-order valence-corrected chi connectivity index (χ4v) is 3.01. The molecule has 1 fully saturated rings. The van der Waals surface area contributed by atoms with Gasteiger partial charge in [0.1, 0.15) is 17.4 Å². The van der Waals surface area contributed by atoms with Gasteiger partial charge in [-0.15, -0.1) is 0 Å². The summed E-state index contributed by atoms with van der Waals surface area (Å²) in [5, 5.41) is 28.5. The lowest BCUT2D eigenvalue weighted by atomic mass is 9.96. The molecule has 1 aromatic rings. The van der Waals surface area contributed by atoms with Crippen LogP contribution >= 0.6 is 0 Å². The summed E-state index contributed by atoms with van der Waals surface area (Å²) in [6.07, 6.45) is 4.84. The number of carbonyl (C=O) groups is 1. The molecule has 0 aliphatic carbocycles. The number of aliphatic hydroxyl groups is 1. The van der Waals surface area contributed by atoms with Crippen molar-refractivity contribution in [3.05, 3.63) is 59.4 Å². The maximum absolute atomic E-state index is 11.3. The van der Waals surface area contributed by atoms with Crippen LogP contribution in [0.4, 0.5) is 5.69 Å². The second-order valence-corrected chi connectivity index (χ2v) is 6.58. The Morgan fingerprint density at radius 2 is 2.00 bits per heavy atom. The Morgan fingerprint density at radius 3 is 2.54 bits per heavy atom. The molecule has 2 rings (SSSR count). The minimum atomic E-state index is -1.23. The number of benzene rings is 1. The number of nitrogens with zero attached hydrogens (tertiary/aromatic N) is 2. The highest BCUT2D eigenvalue weighted by Crippen LogP contribution is 2.29. The summed E-state index contributed by atoms with van der Waals surface area (Å²) in [5.74, 6) is -0.853. The first-order valence-electron chi connectivity index (χ1n) is 8.66. The van der Waals surface area contributed by atoms with Crippen molar-refractivity contribution < 1.29 is 15.0 Å². The van der Waals surface area contributed by atoms with Crippen LogP contribution in [0.2, 0.25) is 0 Å². The van der Waals surface area contributed by atoms with Crippen molar-refractivity contribution >= 4 is 17.2 Å². The molecule has 1 aromatic carbocycles. The first kappa shape index (κ1) is 19.3. The van der Waals surface area contributed by atoms with Crippen molar-refractivity contribution in [2.75, 3.05) is 18.0 Å². The molecule has 1 saturated heterocycles. The molecule has 26 heavy (non-hydrogen) atoms. The molecule has 5 nitrogen and oxygen atoms in total. The Kier molecular flexibility index (Phi) is 6.24. The van der Waals surface area contributed by atoms with Crippen molar-refractivity contribution in [2.24, 2.45) is 5.92 Å². The van der Waals surface area contributed by atoms with Crippen molar-refractivity contribution in [2.45, 2.75) is 26.7 Å². The molecule has 5 heteroatoms. The molecule has 0 saturated carbocycles. The highest BCUT2D eigenvalue weighted by atomic mass is 16.4. The molecule has 0 aromatic heterocycles. The summed E-state index contributed by atoms with van der Waals surface area (Å²) in [6.45, 7) is 9.53. The van der Waals surface area contributed by atoms with Gasteiger partial charge >= 0.3 is 5.97 Å². The molecule has 0 atom stereocenters. The van der Waals surface area contributed by atoms with E-state index in [-0.39, 0.29) is 11.3 Å². The van der Waals surface area contributed by atoms with E-state index in [9.17, 15) is 20.3 Å². The number of rotatable bonds is 5. The monoisotopic (exact) mass is 352 g/mol. The summed E-state index contributed by atoms with van der Waals surface area (Å²) < 4.78 is 0. The fourth-order valence-electron chi connectivity index (χ4n) is 3.01. The number of nitriles is 1. The summed E-state index contributed by atoms with van der Waals surface area (Å²) in [6, 6.07) is 7.67. The minimum Gasteiger partial charge on any atom is -0.507 e. The highest BCUT2D eigenvalue weighted by molar-refractivity contribution is 5.94. The molecule has 1 heterocycles. The SMILES string of the molecule is C=C(/C=C(C(=O)O)\C(O)=C/C)c1ccc(N2CCC(C)CC2)c(C#N)c1. The Balaban J connectivity index is 2.33. The lowest BCUT2D eigenvalue weighted by Gasteiger charge is -2.32. The molecule has 0 bridgehead atoms. The number of aliphatic carboxylic acids is 1. The van der Waals surface area contributed by atoms with Gasteiger partial charge in [-0.05, 0) is 61.1 Å². The number of carboxylic acids is 1. The van der Waals surface area contributed by atoms with Gasteiger partial charge in [0.25, 0.3) is 0 Å². The van der Waals surface area contributed by atoms with E-state index in [4.69, 9.17) is 0 Å². The number of aliphatic hydroxyl groups excluding tert-OH is 1. The Bertz CT molecular complexity index is 807. The van der Waals surface area contributed by atoms with Gasteiger partial charge in [-0.25, -0.2) is 4.79 Å². The van der Waals surface area contributed by atoms with Crippen molar-refractivity contribution in [1.29, 1.82) is 5.26 Å². The van der Waals surface area contributed by atoms with Crippen LogP contribution in [0.15, 0.2) is 48.3 Å². The average molecular weight is 352 g/mol. The van der Waals surface area contributed by atoms with Crippen LogP contribution in [-0.2, 0) is 4.79 Å². The van der Waals surface area contributed by atoms with Crippen LogP contribution in [0, 0.1) is 17.2 Å². The number of anilines is 1. The molecule has 0 unspecified atom stereocenters. The number of carboxylic acid groups (broad SMARTS) is 1. The Morgan fingerprint density at radius 1 is 1.35 bits per heavy atom. The third kappa shape index (κ3) is 4.34. The molecule has 0 radical (unpaired) electrons. The molecule has 2 N–H and O–H groups in total. The molecular weight excluding hydrogens is 328 g/mol. The average Bonchev–Trinajstić information content (AvgIpc) is 2.65. The molecule has 0 amide bonds. The number of piperidine rings is 1. The van der Waals surface area contributed by atoms with E-state index in [1.54, 1.807) is 13.0 Å². The van der Waals surface area contributed by atoms with E-state index < -0.39 is 5.97 Å². The van der Waals surface area contributed by atoms with E-state index in [1.165, 1.54) is 12.2 Å². The van der Waals surface area contributed by atoms with Gasteiger partial charge in [0, 0.05) is 13.1 Å². The topological polar surface area (TPSA) is 84.6 Å². The van der Waals surface area contributed by atoms with Crippen LogP contribution in [0.1, 0.15) is 37.8 Å². The molecule has 0 spiro atoms. The van der Waals surface area contributed by atoms with Gasteiger partial charge in [0.15, 0.2) is 0 Å². The lowest BCUT2D eigenvalue weighted by Crippen LogP contribution is -2.33. The summed E-state index contributed by atoms with van der Waals surface area (Å²) >= 11 is 0. The zero-order valence-electron chi connectivity index (χ0n) is 15.2. The third-order valence-corrected chi connectivity index (χ3v) is 4.71. The fraction of sp³-hybridized carbons (Fsp3) is 0.333. The van der Waals surface area contributed by atoms with Gasteiger partial charge in [0.2, 0.25) is 0 Å². The van der Waals surface area contributed by atoms with Gasteiger partial charge < -0.3 is 15.1 Å². The number of hydrogen-bond acceptors (Lipinski definition) is 4. The Labute approximate surface area is 154 Å². The number of hydrogen-bond donors (Lipinski definition) is 2. The van der Waals surface area contributed by atoms with Crippen LogP contribution in [-0.4, -0.2) is 29.3 Å². The predicted molar refractivity (Wildman–Crippen MR) is 103 cm³/mol. The first-order valence-corrected chi connectivity index (χ1v) is 8.66. The minimum absolute atomic E-state index is 0.231. The molecule has 136 valence electrons. The zero-order valence-corrected chi connectivity index (χ0v) is 15.2. The van der Waals surface area contributed by atoms with Crippen LogP contribution in [0.5, 0.6) is 0 Å². The van der Waals surface area contributed by atoms with E-state index in [1.807, 2.05) is 12.1 Å². The molecule has 1 aliphatic rings. The lowest BCUT2D eigenvalue weighted by molar-refractivity contribution is -0.132. The first-order chi connectivity index (χ1) is 12.4. The van der Waals surface area contributed by atoms with Crippen LogP contribution < -0.4 is 4.90 Å². The van der Waals surface area contributed by atoms with Crippen molar-refractivity contribution in [3.63, 3.8) is 0 Å². The van der Waals surface area contributed by atoms with Gasteiger partial charge in [-0.3, -0.25) is 0 Å². The summed E-state index contributed by atoms with van der Waals surface area (Å²) in [7, 11) is 0. The van der Waals surface area contributed by atoms with E-state index >= 15 is 0 Å². The Hall–Kier alpha value is -3.00.